The minimum absolute atomic E-state index is 0. The first-order chi connectivity index (χ1) is 10.7. The number of nitrogens with one attached hydrogen (secondary N) is 1. The van der Waals surface area contributed by atoms with Gasteiger partial charge in [0.1, 0.15) is 10.6 Å². The number of rotatable bonds is 5. The van der Waals surface area contributed by atoms with E-state index < -0.39 is 10.0 Å². The van der Waals surface area contributed by atoms with Gasteiger partial charge in [0.25, 0.3) is 5.91 Å². The topological polar surface area (TPSA) is 102 Å². The molecule has 0 bridgehead atoms. The van der Waals surface area contributed by atoms with Gasteiger partial charge in [-0.15, -0.1) is 12.4 Å². The first kappa shape index (κ1) is 20.7. The second-order valence-corrected chi connectivity index (χ2v) is 7.62. The highest BCUT2D eigenvalue weighted by atomic mass is 35.5. The van der Waals surface area contributed by atoms with E-state index in [1.165, 1.54) is 19.2 Å². The van der Waals surface area contributed by atoms with Crippen LogP contribution < -0.4 is 15.2 Å². The molecular weight excluding hydrogens is 354 g/mol. The molecule has 0 unspecified atom stereocenters. The highest BCUT2D eigenvalue weighted by Crippen LogP contribution is 2.26. The highest BCUT2D eigenvalue weighted by molar-refractivity contribution is 7.89. The molecule has 0 spiro atoms. The second kappa shape index (κ2) is 8.15. The largest absolute Gasteiger partial charge is 0.495 e. The fourth-order valence-corrected chi connectivity index (χ4v) is 3.99. The van der Waals surface area contributed by atoms with Crippen molar-refractivity contribution in [3.05, 3.63) is 23.8 Å². The van der Waals surface area contributed by atoms with E-state index in [-0.39, 0.29) is 41.0 Å². The third-order valence-corrected chi connectivity index (χ3v) is 5.28. The van der Waals surface area contributed by atoms with Crippen LogP contribution in [-0.2, 0) is 10.0 Å². The standard InChI is InChI=1S/C15H23N3O4S.ClH/c1-10(2)17-23(20,21)14-8-11(4-5-13(14)22-3)15(19)18-7-6-12(16)9-18;/h4-5,8,10,12,17H,6-7,9,16H2,1-3H3;1H/t12-;/m1./s1. The first-order valence-electron chi connectivity index (χ1n) is 7.50. The fraction of sp³-hybridized carbons (Fsp3) is 0.533. The molecule has 3 N–H and O–H groups in total. The summed E-state index contributed by atoms with van der Waals surface area (Å²) in [6.45, 7) is 4.52. The molecule has 2 rings (SSSR count). The summed E-state index contributed by atoms with van der Waals surface area (Å²) in [5.74, 6) is -0.0191. The van der Waals surface area contributed by atoms with Gasteiger partial charge in [0.2, 0.25) is 10.0 Å². The van der Waals surface area contributed by atoms with E-state index in [2.05, 4.69) is 4.72 Å². The lowest BCUT2D eigenvalue weighted by Gasteiger charge is -2.18. The summed E-state index contributed by atoms with van der Waals surface area (Å²) in [5.41, 5.74) is 6.13. The molecule has 1 aromatic carbocycles. The van der Waals surface area contributed by atoms with Crippen molar-refractivity contribution in [2.45, 2.75) is 37.2 Å². The molecular formula is C15H24ClN3O4S. The zero-order chi connectivity index (χ0) is 17.2. The monoisotopic (exact) mass is 377 g/mol. The summed E-state index contributed by atoms with van der Waals surface area (Å²) in [5, 5.41) is 0. The van der Waals surface area contributed by atoms with Crippen LogP contribution in [0.5, 0.6) is 5.75 Å². The number of hydrogen-bond donors (Lipinski definition) is 2. The van der Waals surface area contributed by atoms with E-state index >= 15 is 0 Å². The Kier molecular flexibility index (Phi) is 7.03. The van der Waals surface area contributed by atoms with Gasteiger partial charge in [0.15, 0.2) is 0 Å². The number of benzene rings is 1. The zero-order valence-electron chi connectivity index (χ0n) is 14.0. The summed E-state index contributed by atoms with van der Waals surface area (Å²) >= 11 is 0. The average Bonchev–Trinajstić information content (AvgIpc) is 2.91. The van der Waals surface area contributed by atoms with Crippen LogP contribution in [0.2, 0.25) is 0 Å². The third-order valence-electron chi connectivity index (χ3n) is 3.60. The van der Waals surface area contributed by atoms with E-state index in [4.69, 9.17) is 10.5 Å². The lowest BCUT2D eigenvalue weighted by molar-refractivity contribution is 0.0790. The Bertz CT molecular complexity index is 694. The molecule has 7 nitrogen and oxygen atoms in total. The van der Waals surface area contributed by atoms with Crippen LogP contribution in [0.4, 0.5) is 0 Å². The average molecular weight is 378 g/mol. The molecule has 1 saturated heterocycles. The van der Waals surface area contributed by atoms with Gasteiger partial charge < -0.3 is 15.4 Å². The number of ether oxygens (including phenoxy) is 1. The van der Waals surface area contributed by atoms with Gasteiger partial charge >= 0.3 is 0 Å². The van der Waals surface area contributed by atoms with Gasteiger partial charge in [0.05, 0.1) is 7.11 Å². The van der Waals surface area contributed by atoms with Crippen molar-refractivity contribution in [2.75, 3.05) is 20.2 Å². The molecule has 1 atom stereocenters. The number of likely N-dealkylation sites (tertiary alicyclic amines) is 1. The molecule has 9 heteroatoms. The quantitative estimate of drug-likeness (QED) is 0.796. The number of sulfonamides is 1. The molecule has 0 aromatic heterocycles. The Hall–Kier alpha value is -1.35. The number of halogens is 1. The van der Waals surface area contributed by atoms with E-state index in [0.717, 1.165) is 6.42 Å². The van der Waals surface area contributed by atoms with Crippen LogP contribution in [0.25, 0.3) is 0 Å². The van der Waals surface area contributed by atoms with Crippen molar-refractivity contribution in [2.24, 2.45) is 5.73 Å². The van der Waals surface area contributed by atoms with E-state index in [9.17, 15) is 13.2 Å². The van der Waals surface area contributed by atoms with Crippen molar-refractivity contribution in [3.63, 3.8) is 0 Å². The molecule has 1 aliphatic heterocycles. The molecule has 1 aliphatic rings. The van der Waals surface area contributed by atoms with E-state index in [1.54, 1.807) is 24.8 Å². The van der Waals surface area contributed by atoms with Gasteiger partial charge in [-0.3, -0.25) is 4.79 Å². The maximum atomic E-state index is 12.5. The maximum absolute atomic E-state index is 12.5. The summed E-state index contributed by atoms with van der Waals surface area (Å²) in [4.78, 5) is 14.1. The van der Waals surface area contributed by atoms with Gasteiger partial charge in [-0.1, -0.05) is 0 Å². The zero-order valence-corrected chi connectivity index (χ0v) is 15.6. The fourth-order valence-electron chi connectivity index (χ4n) is 2.55. The Morgan fingerprint density at radius 3 is 2.58 bits per heavy atom. The lowest BCUT2D eigenvalue weighted by Crippen LogP contribution is -2.33. The lowest BCUT2D eigenvalue weighted by atomic mass is 10.2. The molecule has 1 heterocycles. The van der Waals surface area contributed by atoms with E-state index in [0.29, 0.717) is 18.7 Å². The van der Waals surface area contributed by atoms with Gasteiger partial charge in [-0.05, 0) is 38.5 Å². The number of hydrogen-bond acceptors (Lipinski definition) is 5. The summed E-state index contributed by atoms with van der Waals surface area (Å²) in [7, 11) is -2.37. The van der Waals surface area contributed by atoms with Gasteiger partial charge in [-0.25, -0.2) is 13.1 Å². The number of carbonyl (C=O) groups is 1. The van der Waals surface area contributed by atoms with Crippen LogP contribution >= 0.6 is 12.4 Å². The Labute approximate surface area is 149 Å². The number of amides is 1. The number of carbonyl (C=O) groups excluding carboxylic acids is 1. The molecule has 1 fully saturated rings. The normalized spacial score (nSPS) is 17.7. The van der Waals surface area contributed by atoms with Crippen LogP contribution in [0.3, 0.4) is 0 Å². The molecule has 0 aliphatic carbocycles. The molecule has 1 amide bonds. The Morgan fingerprint density at radius 2 is 2.08 bits per heavy atom. The van der Waals surface area contributed by atoms with Gasteiger partial charge in [-0.2, -0.15) is 0 Å². The van der Waals surface area contributed by atoms with Crippen molar-refractivity contribution < 1.29 is 17.9 Å². The van der Waals surface area contributed by atoms with Crippen molar-refractivity contribution in [1.82, 2.24) is 9.62 Å². The third kappa shape index (κ3) is 4.60. The van der Waals surface area contributed by atoms with Crippen molar-refractivity contribution in [3.8, 4) is 5.75 Å². The predicted octanol–water partition coefficient (Wildman–Crippen LogP) is 0.977. The highest BCUT2D eigenvalue weighted by Gasteiger charge is 2.27. The smallest absolute Gasteiger partial charge is 0.253 e. The predicted molar refractivity (Wildman–Crippen MR) is 94.2 cm³/mol. The van der Waals surface area contributed by atoms with Crippen LogP contribution in [0.15, 0.2) is 23.1 Å². The molecule has 0 radical (unpaired) electrons. The van der Waals surface area contributed by atoms with Crippen molar-refractivity contribution >= 4 is 28.3 Å². The molecule has 1 aromatic rings. The summed E-state index contributed by atoms with van der Waals surface area (Å²) in [6, 6.07) is 4.14. The SMILES string of the molecule is COc1ccc(C(=O)N2CC[C@@H](N)C2)cc1S(=O)(=O)NC(C)C.Cl. The molecule has 0 saturated carbocycles. The second-order valence-electron chi connectivity index (χ2n) is 5.94. The van der Waals surface area contributed by atoms with E-state index in [1.807, 2.05) is 0 Å². The minimum atomic E-state index is -3.76. The van der Waals surface area contributed by atoms with Crippen LogP contribution in [0.1, 0.15) is 30.6 Å². The van der Waals surface area contributed by atoms with Gasteiger partial charge in [0, 0.05) is 30.7 Å². The molecule has 24 heavy (non-hydrogen) atoms. The Balaban J connectivity index is 0.00000288. The number of methoxy groups -OCH3 is 1. The number of nitrogens with two attached hydrogens (primary N) is 1. The van der Waals surface area contributed by atoms with Crippen molar-refractivity contribution in [1.29, 1.82) is 0 Å². The van der Waals surface area contributed by atoms with Crippen LogP contribution in [0, 0.1) is 0 Å². The first-order valence-corrected chi connectivity index (χ1v) is 8.98. The summed E-state index contributed by atoms with van der Waals surface area (Å²) in [6.07, 6.45) is 0.752. The number of nitrogens with zero attached hydrogens (tertiary/aromatic N) is 1. The van der Waals surface area contributed by atoms with Crippen LogP contribution in [-0.4, -0.2) is 51.5 Å². The minimum Gasteiger partial charge on any atom is -0.495 e. The Morgan fingerprint density at radius 1 is 1.42 bits per heavy atom. The molecule has 136 valence electrons. The summed E-state index contributed by atoms with van der Waals surface area (Å²) < 4.78 is 32.5. The maximum Gasteiger partial charge on any atom is 0.253 e.